The van der Waals surface area contributed by atoms with Gasteiger partial charge >= 0.3 is 5.63 Å². The molecule has 0 radical (unpaired) electrons. The van der Waals surface area contributed by atoms with Crippen molar-refractivity contribution in [1.29, 1.82) is 0 Å². The molecule has 3 aromatic rings. The Morgan fingerprint density at radius 1 is 1.14 bits per heavy atom. The molecule has 0 bridgehead atoms. The molecule has 3 heterocycles. The van der Waals surface area contributed by atoms with Crippen LogP contribution in [0.2, 0.25) is 0 Å². The van der Waals surface area contributed by atoms with Gasteiger partial charge in [0.05, 0.1) is 5.56 Å². The summed E-state index contributed by atoms with van der Waals surface area (Å²) < 4.78 is 16.6. The van der Waals surface area contributed by atoms with Crippen LogP contribution in [0.4, 0.5) is 4.79 Å². The largest absolute Gasteiger partial charge is 0.507 e. The van der Waals surface area contributed by atoms with E-state index in [1.807, 2.05) is 0 Å². The maximum Gasteiger partial charge on any atom is 0.343 e. The van der Waals surface area contributed by atoms with Crippen LogP contribution in [0, 0.1) is 13.8 Å². The number of imide groups is 1. The highest BCUT2D eigenvalue weighted by Crippen LogP contribution is 2.34. The molecule has 1 fully saturated rings. The first-order valence-electron chi connectivity index (χ1n) is 8.35. The highest BCUT2D eigenvalue weighted by Gasteiger charge is 2.32. The molecule has 2 amide bonds. The average Bonchev–Trinajstić information content (AvgIpc) is 3.22. The number of nitrogens with one attached hydrogen (secondary N) is 1. The molecule has 1 aliphatic rings. The third kappa shape index (κ3) is 3.13. The van der Waals surface area contributed by atoms with E-state index in [2.05, 4.69) is 5.32 Å². The van der Waals surface area contributed by atoms with Crippen LogP contribution in [0.1, 0.15) is 11.1 Å². The first kappa shape index (κ1) is 18.2. The smallest absolute Gasteiger partial charge is 0.343 e. The summed E-state index contributed by atoms with van der Waals surface area (Å²) in [6.45, 7) is 3.17. The lowest BCUT2D eigenvalue weighted by atomic mass is 10.1. The van der Waals surface area contributed by atoms with Gasteiger partial charge in [0.2, 0.25) is 5.91 Å². The molecule has 0 saturated carbocycles. The van der Waals surface area contributed by atoms with Crippen molar-refractivity contribution in [3.8, 4) is 23.0 Å². The summed E-state index contributed by atoms with van der Waals surface area (Å²) in [5.41, 5.74) is 0.444. The highest BCUT2D eigenvalue weighted by molar-refractivity contribution is 8.15. The van der Waals surface area contributed by atoms with Crippen LogP contribution in [-0.4, -0.2) is 28.1 Å². The van der Waals surface area contributed by atoms with Gasteiger partial charge in [0, 0.05) is 10.9 Å². The summed E-state index contributed by atoms with van der Waals surface area (Å²) in [6, 6.07) is 6.74. The fourth-order valence-corrected chi connectivity index (χ4v) is 3.58. The Morgan fingerprint density at radius 3 is 2.64 bits per heavy atom. The Balaban J connectivity index is 1.61. The van der Waals surface area contributed by atoms with Crippen LogP contribution >= 0.6 is 11.8 Å². The Bertz CT molecular complexity index is 1180. The lowest BCUT2D eigenvalue weighted by Crippen LogP contribution is -2.28. The van der Waals surface area contributed by atoms with Crippen LogP contribution in [0.3, 0.4) is 0 Å². The van der Waals surface area contributed by atoms with Crippen molar-refractivity contribution in [2.24, 2.45) is 0 Å². The highest BCUT2D eigenvalue weighted by atomic mass is 32.2. The number of carbonyl (C=O) groups is 2. The van der Waals surface area contributed by atoms with Gasteiger partial charge in [0.25, 0.3) is 5.24 Å². The van der Waals surface area contributed by atoms with Gasteiger partial charge in [-0.2, -0.15) is 0 Å². The molecule has 1 aromatic carbocycles. The SMILES string of the molecule is Cc1c(-c2cc3cc(OCC4SC(=O)NC4=O)ccc3o2)oc(=O)c(C)c1O. The molecule has 8 nitrogen and oxygen atoms in total. The summed E-state index contributed by atoms with van der Waals surface area (Å²) in [6.07, 6.45) is 0. The number of furan rings is 1. The third-order valence-corrected chi connectivity index (χ3v) is 5.38. The van der Waals surface area contributed by atoms with Gasteiger partial charge in [-0.15, -0.1) is 0 Å². The van der Waals surface area contributed by atoms with E-state index in [9.17, 15) is 19.5 Å². The zero-order chi connectivity index (χ0) is 20.0. The number of rotatable bonds is 4. The number of amides is 2. The van der Waals surface area contributed by atoms with Gasteiger partial charge in [-0.3, -0.25) is 14.9 Å². The second-order valence-electron chi connectivity index (χ2n) is 6.32. The second kappa shape index (κ2) is 6.75. The topological polar surface area (TPSA) is 119 Å². The van der Waals surface area contributed by atoms with E-state index in [-0.39, 0.29) is 34.8 Å². The molecule has 2 aromatic heterocycles. The summed E-state index contributed by atoms with van der Waals surface area (Å²) in [7, 11) is 0. The van der Waals surface area contributed by atoms with Crippen LogP contribution in [-0.2, 0) is 4.79 Å². The standard InChI is InChI=1S/C19H15NO7S/c1-8-15(21)9(2)18(23)27-16(8)13-6-10-5-11(3-4-12(10)26-13)25-7-14-17(22)20-19(24)28-14/h3-6,14,21H,7H2,1-2H3,(H,20,22,24). The number of hydrogen-bond acceptors (Lipinski definition) is 8. The number of aromatic hydroxyl groups is 1. The van der Waals surface area contributed by atoms with Gasteiger partial charge in [-0.25, -0.2) is 4.79 Å². The van der Waals surface area contributed by atoms with Crippen molar-refractivity contribution in [2.45, 2.75) is 19.1 Å². The van der Waals surface area contributed by atoms with E-state index in [1.54, 1.807) is 31.2 Å². The molecular formula is C19H15NO7S. The zero-order valence-electron chi connectivity index (χ0n) is 14.9. The number of hydrogen-bond donors (Lipinski definition) is 2. The van der Waals surface area contributed by atoms with E-state index in [0.29, 0.717) is 28.0 Å². The number of thioether (sulfide) groups is 1. The summed E-state index contributed by atoms with van der Waals surface area (Å²) >= 11 is 0.895. The molecule has 2 N–H and O–H groups in total. The van der Waals surface area contributed by atoms with Crippen LogP contribution in [0.5, 0.6) is 11.5 Å². The molecule has 1 saturated heterocycles. The van der Waals surface area contributed by atoms with E-state index in [0.717, 1.165) is 11.8 Å². The normalized spacial score (nSPS) is 16.6. The van der Waals surface area contributed by atoms with Crippen molar-refractivity contribution in [2.75, 3.05) is 6.61 Å². The maximum absolute atomic E-state index is 11.9. The monoisotopic (exact) mass is 401 g/mol. The fourth-order valence-electron chi connectivity index (χ4n) is 2.86. The average molecular weight is 401 g/mol. The summed E-state index contributed by atoms with van der Waals surface area (Å²) in [4.78, 5) is 34.7. The van der Waals surface area contributed by atoms with E-state index >= 15 is 0 Å². The van der Waals surface area contributed by atoms with Gasteiger partial charge < -0.3 is 18.7 Å². The maximum atomic E-state index is 11.9. The molecule has 0 spiro atoms. The van der Waals surface area contributed by atoms with Crippen LogP contribution < -0.4 is 15.7 Å². The van der Waals surface area contributed by atoms with E-state index in [1.165, 1.54) is 6.92 Å². The predicted molar refractivity (Wildman–Crippen MR) is 102 cm³/mol. The molecule has 9 heteroatoms. The van der Waals surface area contributed by atoms with Crippen molar-refractivity contribution in [3.05, 3.63) is 45.8 Å². The van der Waals surface area contributed by atoms with Crippen molar-refractivity contribution >= 4 is 33.9 Å². The minimum absolute atomic E-state index is 0.0538. The molecule has 144 valence electrons. The minimum atomic E-state index is -0.635. The fraction of sp³-hybridized carbons (Fsp3) is 0.211. The first-order valence-corrected chi connectivity index (χ1v) is 9.23. The second-order valence-corrected chi connectivity index (χ2v) is 7.50. The van der Waals surface area contributed by atoms with Gasteiger partial charge in [0.15, 0.2) is 11.5 Å². The van der Waals surface area contributed by atoms with E-state index < -0.39 is 10.9 Å². The zero-order valence-corrected chi connectivity index (χ0v) is 15.7. The Hall–Kier alpha value is -3.20. The number of benzene rings is 1. The van der Waals surface area contributed by atoms with Crippen molar-refractivity contribution < 1.29 is 28.3 Å². The summed E-state index contributed by atoms with van der Waals surface area (Å²) in [5, 5.41) is 12.0. The molecule has 1 aliphatic heterocycles. The Morgan fingerprint density at radius 2 is 1.93 bits per heavy atom. The number of ether oxygens (including phenoxy) is 1. The molecule has 1 atom stereocenters. The Labute approximate surface area is 162 Å². The third-order valence-electron chi connectivity index (χ3n) is 4.43. The van der Waals surface area contributed by atoms with Gasteiger partial charge in [-0.1, -0.05) is 0 Å². The molecule has 28 heavy (non-hydrogen) atoms. The number of fused-ring (bicyclic) bond motifs is 1. The molecule has 1 unspecified atom stereocenters. The summed E-state index contributed by atoms with van der Waals surface area (Å²) in [5.74, 6) is 0.458. The van der Waals surface area contributed by atoms with Crippen LogP contribution in [0.15, 0.2) is 37.9 Å². The first-order chi connectivity index (χ1) is 13.3. The molecule has 4 rings (SSSR count). The lowest BCUT2D eigenvalue weighted by Gasteiger charge is -2.08. The van der Waals surface area contributed by atoms with Gasteiger partial charge in [-0.05, 0) is 49.9 Å². The minimum Gasteiger partial charge on any atom is -0.507 e. The van der Waals surface area contributed by atoms with Crippen molar-refractivity contribution in [1.82, 2.24) is 5.32 Å². The Kier molecular flexibility index (Phi) is 4.38. The van der Waals surface area contributed by atoms with Gasteiger partial charge in [0.1, 0.15) is 28.9 Å². The molecular weight excluding hydrogens is 386 g/mol. The predicted octanol–water partition coefficient (Wildman–Crippen LogP) is 3.11. The van der Waals surface area contributed by atoms with Crippen molar-refractivity contribution in [3.63, 3.8) is 0 Å². The molecule has 0 aliphatic carbocycles. The number of carbonyl (C=O) groups excluding carboxylic acids is 2. The van der Waals surface area contributed by atoms with Crippen LogP contribution in [0.25, 0.3) is 22.5 Å². The quantitative estimate of drug-likeness (QED) is 0.684. The lowest BCUT2D eigenvalue weighted by molar-refractivity contribution is -0.119. The van der Waals surface area contributed by atoms with E-state index in [4.69, 9.17) is 13.6 Å².